The molecule has 1 aromatic heterocycles. The minimum atomic E-state index is -1.24. The van der Waals surface area contributed by atoms with E-state index in [0.717, 1.165) is 12.8 Å². The molecule has 32 heavy (non-hydrogen) atoms. The number of hydrogen-bond acceptors (Lipinski definition) is 6. The standard InChI is InChI=1S/C24H40N4O4/c1-16(2)13-20(27-17(3)29)24(32)28(22-11-7-8-12-26-22)15-21(30)23(31)19(25)14-18-9-5-4-6-10-18/h7-8,11-12,16,18-21,23,30-31H,4-6,9-10,13-15,25H2,1-3H3,(H,27,29)/t19-,20?,21-,23+/m0/s1. The number of nitrogens with zero attached hydrogens (tertiary/aromatic N) is 2. The van der Waals surface area contributed by atoms with E-state index in [0.29, 0.717) is 24.6 Å². The predicted molar refractivity (Wildman–Crippen MR) is 125 cm³/mol. The van der Waals surface area contributed by atoms with Gasteiger partial charge in [-0.05, 0) is 36.8 Å². The van der Waals surface area contributed by atoms with Crippen LogP contribution in [0.4, 0.5) is 5.82 Å². The Morgan fingerprint density at radius 3 is 2.47 bits per heavy atom. The molecule has 0 radical (unpaired) electrons. The molecule has 8 nitrogen and oxygen atoms in total. The van der Waals surface area contributed by atoms with Crippen molar-refractivity contribution in [3.05, 3.63) is 24.4 Å². The van der Waals surface area contributed by atoms with Gasteiger partial charge < -0.3 is 21.3 Å². The summed E-state index contributed by atoms with van der Waals surface area (Å²) in [5, 5.41) is 24.2. The SMILES string of the molecule is CC(=O)NC(CC(C)C)C(=O)N(C[C@H](O)[C@H](O)[C@@H](N)CC1CCCCC1)c1ccccn1. The molecule has 0 aromatic carbocycles. The van der Waals surface area contributed by atoms with Gasteiger partial charge in [-0.3, -0.25) is 14.5 Å². The molecule has 1 aliphatic carbocycles. The van der Waals surface area contributed by atoms with E-state index in [2.05, 4.69) is 10.3 Å². The van der Waals surface area contributed by atoms with Crippen molar-refractivity contribution in [3.8, 4) is 0 Å². The quantitative estimate of drug-likeness (QED) is 0.410. The molecule has 1 fully saturated rings. The lowest BCUT2D eigenvalue weighted by molar-refractivity contribution is -0.127. The Morgan fingerprint density at radius 2 is 1.91 bits per heavy atom. The third-order valence-corrected chi connectivity index (χ3v) is 6.11. The monoisotopic (exact) mass is 448 g/mol. The first kappa shape index (κ1) is 26.2. The Labute approximate surface area is 191 Å². The minimum Gasteiger partial charge on any atom is -0.389 e. The van der Waals surface area contributed by atoms with E-state index in [1.54, 1.807) is 24.4 Å². The summed E-state index contributed by atoms with van der Waals surface area (Å²) in [7, 11) is 0. The topological polar surface area (TPSA) is 129 Å². The van der Waals surface area contributed by atoms with Crippen molar-refractivity contribution in [3.63, 3.8) is 0 Å². The van der Waals surface area contributed by atoms with Crippen LogP contribution in [0.5, 0.6) is 0 Å². The highest BCUT2D eigenvalue weighted by molar-refractivity contribution is 5.98. The van der Waals surface area contributed by atoms with Crippen LogP contribution in [0.15, 0.2) is 24.4 Å². The van der Waals surface area contributed by atoms with E-state index < -0.39 is 24.3 Å². The Kier molecular flexibility index (Phi) is 10.5. The first-order valence-electron chi connectivity index (χ1n) is 11.8. The van der Waals surface area contributed by atoms with Gasteiger partial charge in [-0.1, -0.05) is 52.0 Å². The third-order valence-electron chi connectivity index (χ3n) is 6.11. The van der Waals surface area contributed by atoms with Crippen molar-refractivity contribution < 1.29 is 19.8 Å². The maximum atomic E-state index is 13.4. The predicted octanol–water partition coefficient (Wildman–Crippen LogP) is 1.98. The second-order valence-electron chi connectivity index (χ2n) is 9.48. The second kappa shape index (κ2) is 12.9. The maximum Gasteiger partial charge on any atom is 0.250 e. The fourth-order valence-electron chi connectivity index (χ4n) is 4.46. The van der Waals surface area contributed by atoms with E-state index in [4.69, 9.17) is 5.73 Å². The summed E-state index contributed by atoms with van der Waals surface area (Å²) in [4.78, 5) is 30.7. The lowest BCUT2D eigenvalue weighted by Gasteiger charge is -2.33. The van der Waals surface area contributed by atoms with E-state index in [1.807, 2.05) is 13.8 Å². The number of pyridine rings is 1. The van der Waals surface area contributed by atoms with Gasteiger partial charge in [0.1, 0.15) is 11.9 Å². The van der Waals surface area contributed by atoms with Gasteiger partial charge in [0.15, 0.2) is 0 Å². The van der Waals surface area contributed by atoms with Crippen LogP contribution in [0, 0.1) is 11.8 Å². The zero-order valence-electron chi connectivity index (χ0n) is 19.6. The van der Waals surface area contributed by atoms with Crippen molar-refractivity contribution in [2.75, 3.05) is 11.4 Å². The molecular formula is C24H40N4O4. The van der Waals surface area contributed by atoms with Crippen LogP contribution in [0.25, 0.3) is 0 Å². The number of nitrogens with two attached hydrogens (primary N) is 1. The molecule has 1 aromatic rings. The molecule has 2 rings (SSSR count). The molecule has 1 heterocycles. The molecule has 180 valence electrons. The normalized spacial score (nSPS) is 18.6. The number of hydrogen-bond donors (Lipinski definition) is 4. The number of aliphatic hydroxyl groups is 2. The van der Waals surface area contributed by atoms with Crippen molar-refractivity contribution in [1.29, 1.82) is 0 Å². The zero-order valence-corrected chi connectivity index (χ0v) is 19.6. The third kappa shape index (κ3) is 8.15. The maximum absolute atomic E-state index is 13.4. The van der Waals surface area contributed by atoms with Gasteiger partial charge in [-0.25, -0.2) is 4.98 Å². The smallest absolute Gasteiger partial charge is 0.250 e. The van der Waals surface area contributed by atoms with Crippen molar-refractivity contribution in [2.45, 2.75) is 90.0 Å². The first-order chi connectivity index (χ1) is 15.2. The molecule has 1 aliphatic rings. The lowest BCUT2D eigenvalue weighted by atomic mass is 9.83. The molecule has 1 unspecified atom stereocenters. The molecule has 0 bridgehead atoms. The number of nitrogens with one attached hydrogen (secondary N) is 1. The van der Waals surface area contributed by atoms with Crippen molar-refractivity contribution in [1.82, 2.24) is 10.3 Å². The summed E-state index contributed by atoms with van der Waals surface area (Å²) in [5.41, 5.74) is 6.25. The number of aliphatic hydroxyl groups excluding tert-OH is 2. The molecule has 0 spiro atoms. The minimum absolute atomic E-state index is 0.163. The highest BCUT2D eigenvalue weighted by atomic mass is 16.3. The van der Waals surface area contributed by atoms with Gasteiger partial charge in [-0.2, -0.15) is 0 Å². The molecular weight excluding hydrogens is 408 g/mol. The molecule has 4 atom stereocenters. The number of aromatic nitrogens is 1. The van der Waals surface area contributed by atoms with E-state index in [1.165, 1.54) is 31.1 Å². The van der Waals surface area contributed by atoms with Gasteiger partial charge in [0.2, 0.25) is 5.91 Å². The van der Waals surface area contributed by atoms with Crippen LogP contribution in [-0.4, -0.2) is 57.8 Å². The van der Waals surface area contributed by atoms with Gasteiger partial charge >= 0.3 is 0 Å². The Bertz CT molecular complexity index is 709. The number of amides is 2. The lowest BCUT2D eigenvalue weighted by Crippen LogP contribution is -2.54. The fourth-order valence-corrected chi connectivity index (χ4v) is 4.46. The number of carbonyl (C=O) groups excluding carboxylic acids is 2. The van der Waals surface area contributed by atoms with Crippen LogP contribution in [0.1, 0.15) is 65.7 Å². The molecule has 1 saturated carbocycles. The van der Waals surface area contributed by atoms with Crippen molar-refractivity contribution >= 4 is 17.6 Å². The average molecular weight is 449 g/mol. The molecule has 8 heteroatoms. The highest BCUT2D eigenvalue weighted by Crippen LogP contribution is 2.28. The van der Waals surface area contributed by atoms with Crippen LogP contribution >= 0.6 is 0 Å². The average Bonchev–Trinajstić information content (AvgIpc) is 2.76. The number of rotatable bonds is 11. The van der Waals surface area contributed by atoms with Crippen LogP contribution in [0.3, 0.4) is 0 Å². The Morgan fingerprint density at radius 1 is 1.22 bits per heavy atom. The number of carbonyl (C=O) groups is 2. The van der Waals surface area contributed by atoms with E-state index >= 15 is 0 Å². The molecule has 5 N–H and O–H groups in total. The highest BCUT2D eigenvalue weighted by Gasteiger charge is 2.33. The summed E-state index contributed by atoms with van der Waals surface area (Å²) in [5.74, 6) is 0.300. The molecule has 0 aliphatic heterocycles. The molecule has 0 saturated heterocycles. The fraction of sp³-hybridized carbons (Fsp3) is 0.708. The van der Waals surface area contributed by atoms with Crippen LogP contribution in [0.2, 0.25) is 0 Å². The summed E-state index contributed by atoms with van der Waals surface area (Å²) in [6.07, 6.45) is 6.05. The summed E-state index contributed by atoms with van der Waals surface area (Å²) >= 11 is 0. The first-order valence-corrected chi connectivity index (χ1v) is 11.8. The van der Waals surface area contributed by atoms with E-state index in [-0.39, 0.29) is 24.3 Å². The zero-order chi connectivity index (χ0) is 23.7. The number of anilines is 1. The van der Waals surface area contributed by atoms with Gasteiger partial charge in [0, 0.05) is 19.2 Å². The largest absolute Gasteiger partial charge is 0.389 e. The van der Waals surface area contributed by atoms with Gasteiger partial charge in [0.25, 0.3) is 5.91 Å². The Balaban J connectivity index is 2.15. The Hall–Kier alpha value is -2.03. The van der Waals surface area contributed by atoms with Crippen LogP contribution < -0.4 is 16.0 Å². The summed E-state index contributed by atoms with van der Waals surface area (Å²) in [6, 6.07) is 3.82. The van der Waals surface area contributed by atoms with E-state index in [9.17, 15) is 19.8 Å². The van der Waals surface area contributed by atoms with Gasteiger partial charge in [-0.15, -0.1) is 0 Å². The van der Waals surface area contributed by atoms with Gasteiger partial charge in [0.05, 0.1) is 18.8 Å². The van der Waals surface area contributed by atoms with Crippen molar-refractivity contribution in [2.24, 2.45) is 17.6 Å². The molecule has 2 amide bonds. The summed E-state index contributed by atoms with van der Waals surface area (Å²) in [6.45, 7) is 5.14. The van der Waals surface area contributed by atoms with Crippen LogP contribution in [-0.2, 0) is 9.59 Å². The second-order valence-corrected chi connectivity index (χ2v) is 9.48. The summed E-state index contributed by atoms with van der Waals surface area (Å²) < 4.78 is 0.